The van der Waals surface area contributed by atoms with Gasteiger partial charge in [-0.15, -0.1) is 11.3 Å². The lowest BCUT2D eigenvalue weighted by atomic mass is 9.94. The highest BCUT2D eigenvalue weighted by atomic mass is 32.1. The van der Waals surface area contributed by atoms with Crippen LogP contribution in [0.1, 0.15) is 43.0 Å². The van der Waals surface area contributed by atoms with Crippen molar-refractivity contribution in [1.29, 1.82) is 0 Å². The third-order valence-corrected chi connectivity index (χ3v) is 9.17. The molecule has 0 bridgehead atoms. The third kappa shape index (κ3) is 9.23. The maximum absolute atomic E-state index is 13.3. The maximum Gasteiger partial charge on any atom is 0.224 e. The molecular formula is C34H42N6O4S. The van der Waals surface area contributed by atoms with Crippen molar-refractivity contribution in [2.45, 2.75) is 31.7 Å². The number of carbonyl (C=O) groups is 2. The van der Waals surface area contributed by atoms with Crippen LogP contribution in [-0.2, 0) is 9.59 Å². The fraction of sp³-hybridized carbons (Fsp3) is 0.412. The zero-order valence-electron chi connectivity index (χ0n) is 25.7. The smallest absolute Gasteiger partial charge is 0.224 e. The molecule has 0 aliphatic carbocycles. The molecule has 0 spiro atoms. The Morgan fingerprint density at radius 2 is 1.82 bits per heavy atom. The van der Waals surface area contributed by atoms with E-state index in [2.05, 4.69) is 25.5 Å². The number of nitrogens with zero attached hydrogens (tertiary/aromatic N) is 3. The summed E-state index contributed by atoms with van der Waals surface area (Å²) in [6.45, 7) is 5.10. The van der Waals surface area contributed by atoms with Crippen molar-refractivity contribution in [2.75, 3.05) is 46.4 Å². The van der Waals surface area contributed by atoms with Gasteiger partial charge in [0.2, 0.25) is 11.8 Å². The molecule has 11 heteroatoms. The van der Waals surface area contributed by atoms with Crippen LogP contribution in [0.3, 0.4) is 0 Å². The van der Waals surface area contributed by atoms with E-state index in [-0.39, 0.29) is 29.7 Å². The number of nitrogens with two attached hydrogens (primary N) is 1. The first-order valence-corrected chi connectivity index (χ1v) is 16.4. The first-order chi connectivity index (χ1) is 22.0. The number of likely N-dealkylation sites (tertiary alicyclic amines) is 1. The van der Waals surface area contributed by atoms with Gasteiger partial charge in [0.1, 0.15) is 18.1 Å². The van der Waals surface area contributed by atoms with Gasteiger partial charge in [-0.3, -0.25) is 19.5 Å². The predicted octanol–water partition coefficient (Wildman–Crippen LogP) is 4.17. The van der Waals surface area contributed by atoms with Crippen molar-refractivity contribution in [3.8, 4) is 11.5 Å². The summed E-state index contributed by atoms with van der Waals surface area (Å²) in [5.74, 6) is 1.67. The van der Waals surface area contributed by atoms with Gasteiger partial charge in [0.15, 0.2) is 0 Å². The largest absolute Gasteiger partial charge is 0.497 e. The van der Waals surface area contributed by atoms with Crippen LogP contribution in [0.25, 0.3) is 10.2 Å². The summed E-state index contributed by atoms with van der Waals surface area (Å²) in [6.07, 6.45) is 5.23. The fourth-order valence-corrected chi connectivity index (χ4v) is 6.40. The molecule has 2 aromatic heterocycles. The van der Waals surface area contributed by atoms with Gasteiger partial charge in [0.05, 0.1) is 34.6 Å². The Bertz CT molecular complexity index is 1520. The number of ether oxygens (including phenoxy) is 2. The standard InChI is InChI=1S/C28H30N4O3S.C6H12N2O/c1-34-22-6-4-5-21(17-22)27(25-7-2-3-12-29-25)31-28(33)20-10-13-32(14-11-20)15-16-35-23-8-9-24-26(18-23)36-19-30-24;7-6(9)5-1-3-8-4-2-5/h2-9,12,17-20,27H,10-11,13-16H2,1H3,(H,31,33);5,8H,1-4H2,(H2,7,9). The number of nitrogens with one attached hydrogen (secondary N) is 2. The topological polar surface area (TPSA) is 132 Å². The molecule has 45 heavy (non-hydrogen) atoms. The number of amides is 2. The number of hydrogen-bond donors (Lipinski definition) is 3. The maximum atomic E-state index is 13.3. The molecule has 238 valence electrons. The first-order valence-electron chi connectivity index (χ1n) is 15.5. The first kappa shape index (κ1) is 32.3. The van der Waals surface area contributed by atoms with Crippen LogP contribution >= 0.6 is 11.3 Å². The molecule has 1 unspecified atom stereocenters. The molecular weight excluding hydrogens is 588 g/mol. The number of rotatable bonds is 10. The summed E-state index contributed by atoms with van der Waals surface area (Å²) in [4.78, 5) is 35.0. The van der Waals surface area contributed by atoms with Crippen LogP contribution in [0.15, 0.2) is 72.4 Å². The summed E-state index contributed by atoms with van der Waals surface area (Å²) in [7, 11) is 1.64. The number of hydrogen-bond acceptors (Lipinski definition) is 9. The Balaban J connectivity index is 0.000000383. The highest BCUT2D eigenvalue weighted by Crippen LogP contribution is 2.27. The van der Waals surface area contributed by atoms with E-state index in [1.54, 1.807) is 24.6 Å². The lowest BCUT2D eigenvalue weighted by Gasteiger charge is -2.32. The number of primary amides is 1. The van der Waals surface area contributed by atoms with E-state index in [0.29, 0.717) is 6.61 Å². The lowest BCUT2D eigenvalue weighted by molar-refractivity contribution is -0.127. The number of aromatic nitrogens is 2. The highest BCUT2D eigenvalue weighted by molar-refractivity contribution is 7.16. The predicted molar refractivity (Wildman–Crippen MR) is 176 cm³/mol. The molecule has 4 N–H and O–H groups in total. The molecule has 4 aromatic rings. The number of benzene rings is 2. The molecule has 10 nitrogen and oxygen atoms in total. The van der Waals surface area contributed by atoms with E-state index >= 15 is 0 Å². The normalized spacial score (nSPS) is 16.7. The van der Waals surface area contributed by atoms with Crippen molar-refractivity contribution >= 4 is 33.4 Å². The summed E-state index contributed by atoms with van der Waals surface area (Å²) >= 11 is 1.62. The number of thiazole rings is 1. The van der Waals surface area contributed by atoms with Crippen molar-refractivity contribution in [2.24, 2.45) is 17.6 Å². The Morgan fingerprint density at radius 3 is 2.53 bits per heavy atom. The molecule has 0 radical (unpaired) electrons. The molecule has 2 fully saturated rings. The summed E-state index contributed by atoms with van der Waals surface area (Å²) in [6, 6.07) is 19.2. The Hall–Kier alpha value is -4.06. The average Bonchev–Trinajstić information content (AvgIpc) is 3.57. The van der Waals surface area contributed by atoms with Crippen LogP contribution in [0.5, 0.6) is 11.5 Å². The van der Waals surface area contributed by atoms with Crippen LogP contribution in [-0.4, -0.2) is 73.1 Å². The Kier molecular flexibility index (Phi) is 11.7. The number of piperidine rings is 2. The van der Waals surface area contributed by atoms with Crippen molar-refractivity contribution in [1.82, 2.24) is 25.5 Å². The van der Waals surface area contributed by atoms with Gasteiger partial charge in [0, 0.05) is 24.6 Å². The SMILES string of the molecule is COc1cccc(C(NC(=O)C2CCN(CCOc3ccc4ncsc4c3)CC2)c2ccccn2)c1.NC(=O)C1CCNCC1. The van der Waals surface area contributed by atoms with Crippen molar-refractivity contribution in [3.05, 3.63) is 83.6 Å². The lowest BCUT2D eigenvalue weighted by Crippen LogP contribution is -2.42. The van der Waals surface area contributed by atoms with Gasteiger partial charge >= 0.3 is 0 Å². The van der Waals surface area contributed by atoms with Gasteiger partial charge in [-0.1, -0.05) is 18.2 Å². The molecule has 2 amide bonds. The quantitative estimate of drug-likeness (QED) is 0.238. The van der Waals surface area contributed by atoms with Gasteiger partial charge in [-0.25, -0.2) is 4.98 Å². The second-order valence-corrected chi connectivity index (χ2v) is 12.2. The second kappa shape index (κ2) is 16.3. The molecule has 2 aromatic carbocycles. The number of carbonyl (C=O) groups excluding carboxylic acids is 2. The molecule has 1 atom stereocenters. The van der Waals surface area contributed by atoms with Crippen molar-refractivity contribution in [3.63, 3.8) is 0 Å². The van der Waals surface area contributed by atoms with E-state index in [0.717, 1.165) is 91.4 Å². The van der Waals surface area contributed by atoms with Gasteiger partial charge < -0.3 is 25.8 Å². The Labute approximate surface area is 268 Å². The number of fused-ring (bicyclic) bond motifs is 1. The van der Waals surface area contributed by atoms with E-state index < -0.39 is 0 Å². The van der Waals surface area contributed by atoms with Crippen LogP contribution in [0, 0.1) is 11.8 Å². The van der Waals surface area contributed by atoms with E-state index in [4.69, 9.17) is 15.2 Å². The average molecular weight is 631 g/mol. The van der Waals surface area contributed by atoms with Gasteiger partial charge in [-0.05, 0) is 99.9 Å². The summed E-state index contributed by atoms with van der Waals surface area (Å²) in [5.41, 5.74) is 9.72. The van der Waals surface area contributed by atoms with Crippen LogP contribution in [0.2, 0.25) is 0 Å². The zero-order valence-corrected chi connectivity index (χ0v) is 26.5. The van der Waals surface area contributed by atoms with E-state index in [1.807, 2.05) is 66.2 Å². The monoisotopic (exact) mass is 630 g/mol. The fourth-order valence-electron chi connectivity index (χ4n) is 5.70. The highest BCUT2D eigenvalue weighted by Gasteiger charge is 2.28. The minimum atomic E-state index is -0.323. The summed E-state index contributed by atoms with van der Waals surface area (Å²) in [5, 5.41) is 6.42. The van der Waals surface area contributed by atoms with Gasteiger partial charge in [-0.2, -0.15) is 0 Å². The second-order valence-electron chi connectivity index (χ2n) is 11.3. The molecule has 4 heterocycles. The van der Waals surface area contributed by atoms with Gasteiger partial charge in [0.25, 0.3) is 0 Å². The Morgan fingerprint density at radius 1 is 1.00 bits per heavy atom. The molecule has 2 saturated heterocycles. The molecule has 6 rings (SSSR count). The molecule has 0 saturated carbocycles. The summed E-state index contributed by atoms with van der Waals surface area (Å²) < 4.78 is 12.5. The molecule has 2 aliphatic heterocycles. The zero-order chi connectivity index (χ0) is 31.4. The van der Waals surface area contributed by atoms with Crippen molar-refractivity contribution < 1.29 is 19.1 Å². The molecule has 2 aliphatic rings. The van der Waals surface area contributed by atoms with E-state index in [9.17, 15) is 9.59 Å². The van der Waals surface area contributed by atoms with Crippen LogP contribution in [0.4, 0.5) is 0 Å². The number of pyridine rings is 1. The third-order valence-electron chi connectivity index (χ3n) is 8.38. The number of methoxy groups -OCH3 is 1. The minimum absolute atomic E-state index is 0.0206. The van der Waals surface area contributed by atoms with E-state index in [1.165, 1.54) is 0 Å². The van der Waals surface area contributed by atoms with Crippen LogP contribution < -0.4 is 25.8 Å². The minimum Gasteiger partial charge on any atom is -0.497 e.